The van der Waals surface area contributed by atoms with Gasteiger partial charge in [0, 0.05) is 45.8 Å². The van der Waals surface area contributed by atoms with E-state index in [9.17, 15) is 0 Å². The van der Waals surface area contributed by atoms with Gasteiger partial charge in [-0.1, -0.05) is 23.8 Å². The second kappa shape index (κ2) is 7.04. The number of rotatable bonds is 5. The third kappa shape index (κ3) is 4.60. The maximum Gasteiger partial charge on any atom is 0.0208 e. The van der Waals surface area contributed by atoms with E-state index in [1.807, 2.05) is 0 Å². The van der Waals surface area contributed by atoms with Crippen LogP contribution in [-0.2, 0) is 6.54 Å². The molecule has 0 saturated carbocycles. The van der Waals surface area contributed by atoms with Crippen molar-refractivity contribution in [2.24, 2.45) is 0 Å². The smallest absolute Gasteiger partial charge is 0.0208 e. The maximum atomic E-state index is 3.57. The molecule has 0 spiro atoms. The van der Waals surface area contributed by atoms with E-state index >= 15 is 0 Å². The number of aryl methyl sites for hydroxylation is 2. The van der Waals surface area contributed by atoms with Gasteiger partial charge in [-0.15, -0.1) is 0 Å². The Morgan fingerprint density at radius 1 is 1.11 bits per heavy atom. The van der Waals surface area contributed by atoms with Crippen LogP contribution >= 0.6 is 0 Å². The van der Waals surface area contributed by atoms with Crippen molar-refractivity contribution in [3.63, 3.8) is 0 Å². The molecule has 0 radical (unpaired) electrons. The highest BCUT2D eigenvalue weighted by Crippen LogP contribution is 2.09. The molecule has 1 N–H and O–H groups in total. The number of piperazine rings is 1. The highest BCUT2D eigenvalue weighted by Gasteiger charge is 2.12. The van der Waals surface area contributed by atoms with Gasteiger partial charge in [0.1, 0.15) is 0 Å². The van der Waals surface area contributed by atoms with Gasteiger partial charge in [0.2, 0.25) is 0 Å². The predicted octanol–water partition coefficient (Wildman–Crippen LogP) is 1.64. The zero-order chi connectivity index (χ0) is 13.7. The van der Waals surface area contributed by atoms with Crippen LogP contribution in [0.4, 0.5) is 0 Å². The predicted molar refractivity (Wildman–Crippen MR) is 81.6 cm³/mol. The van der Waals surface area contributed by atoms with Crippen molar-refractivity contribution in [3.05, 3.63) is 34.9 Å². The summed E-state index contributed by atoms with van der Waals surface area (Å²) in [6, 6.07) is 6.70. The number of hydrogen-bond donors (Lipinski definition) is 1. The Balaban J connectivity index is 1.66. The highest BCUT2D eigenvalue weighted by atomic mass is 15.2. The van der Waals surface area contributed by atoms with Crippen molar-refractivity contribution in [1.82, 2.24) is 15.1 Å². The van der Waals surface area contributed by atoms with Gasteiger partial charge in [-0.25, -0.2) is 0 Å². The lowest BCUT2D eigenvalue weighted by Crippen LogP contribution is -2.46. The molecule has 0 aromatic heterocycles. The molecule has 106 valence electrons. The Morgan fingerprint density at radius 3 is 2.53 bits per heavy atom. The molecular formula is C16H27N3. The minimum Gasteiger partial charge on any atom is -0.311 e. The topological polar surface area (TPSA) is 18.5 Å². The fraction of sp³-hybridized carbons (Fsp3) is 0.625. The van der Waals surface area contributed by atoms with Gasteiger partial charge < -0.3 is 10.2 Å². The first-order valence-corrected chi connectivity index (χ1v) is 7.33. The Hall–Kier alpha value is -0.900. The van der Waals surface area contributed by atoms with E-state index in [1.54, 1.807) is 0 Å². The standard InChI is InChI=1S/C16H27N3/c1-14-4-5-16(15(2)12-14)13-17-6-7-19-10-8-18(3)9-11-19/h4-5,12,17H,6-11,13H2,1-3H3. The third-order valence-corrected chi connectivity index (χ3v) is 4.01. The highest BCUT2D eigenvalue weighted by molar-refractivity contribution is 5.30. The summed E-state index contributed by atoms with van der Waals surface area (Å²) in [7, 11) is 2.20. The van der Waals surface area contributed by atoms with Crippen LogP contribution in [0.3, 0.4) is 0 Å². The van der Waals surface area contributed by atoms with E-state index in [-0.39, 0.29) is 0 Å². The quantitative estimate of drug-likeness (QED) is 0.813. The van der Waals surface area contributed by atoms with Crippen LogP contribution in [0.25, 0.3) is 0 Å². The monoisotopic (exact) mass is 261 g/mol. The van der Waals surface area contributed by atoms with Crippen LogP contribution in [0, 0.1) is 13.8 Å². The van der Waals surface area contributed by atoms with Gasteiger partial charge >= 0.3 is 0 Å². The second-order valence-corrected chi connectivity index (χ2v) is 5.75. The maximum absolute atomic E-state index is 3.57. The second-order valence-electron chi connectivity index (χ2n) is 5.75. The molecule has 1 heterocycles. The largest absolute Gasteiger partial charge is 0.311 e. The lowest BCUT2D eigenvalue weighted by atomic mass is 10.1. The molecule has 0 aliphatic carbocycles. The molecular weight excluding hydrogens is 234 g/mol. The average molecular weight is 261 g/mol. The van der Waals surface area contributed by atoms with Crippen molar-refractivity contribution in [2.45, 2.75) is 20.4 Å². The average Bonchev–Trinajstić information content (AvgIpc) is 2.39. The van der Waals surface area contributed by atoms with Crippen molar-refractivity contribution < 1.29 is 0 Å². The molecule has 2 rings (SSSR count). The molecule has 0 unspecified atom stereocenters. The summed E-state index contributed by atoms with van der Waals surface area (Å²) in [5.41, 5.74) is 4.16. The summed E-state index contributed by atoms with van der Waals surface area (Å²) in [6.45, 7) is 12.4. The van der Waals surface area contributed by atoms with E-state index in [4.69, 9.17) is 0 Å². The molecule has 19 heavy (non-hydrogen) atoms. The molecule has 0 bridgehead atoms. The van der Waals surface area contributed by atoms with Crippen molar-refractivity contribution in [2.75, 3.05) is 46.3 Å². The van der Waals surface area contributed by atoms with Gasteiger partial charge in [-0.05, 0) is 32.0 Å². The normalized spacial score (nSPS) is 17.8. The lowest BCUT2D eigenvalue weighted by Gasteiger charge is -2.32. The van der Waals surface area contributed by atoms with Crippen LogP contribution in [0.5, 0.6) is 0 Å². The summed E-state index contributed by atoms with van der Waals surface area (Å²) >= 11 is 0. The van der Waals surface area contributed by atoms with E-state index in [1.165, 1.54) is 49.4 Å². The van der Waals surface area contributed by atoms with Crippen molar-refractivity contribution in [1.29, 1.82) is 0 Å². The summed E-state index contributed by atoms with van der Waals surface area (Å²) in [5, 5.41) is 3.57. The Bertz CT molecular complexity index is 395. The summed E-state index contributed by atoms with van der Waals surface area (Å²) in [5.74, 6) is 0. The fourth-order valence-electron chi connectivity index (χ4n) is 2.58. The summed E-state index contributed by atoms with van der Waals surface area (Å²) in [4.78, 5) is 4.95. The van der Waals surface area contributed by atoms with Crippen LogP contribution in [0.2, 0.25) is 0 Å². The number of likely N-dealkylation sites (N-methyl/N-ethyl adjacent to an activating group) is 1. The van der Waals surface area contributed by atoms with Crippen LogP contribution in [0.1, 0.15) is 16.7 Å². The zero-order valence-electron chi connectivity index (χ0n) is 12.6. The SMILES string of the molecule is Cc1ccc(CNCCN2CCN(C)CC2)c(C)c1. The molecule has 1 aromatic carbocycles. The van der Waals surface area contributed by atoms with E-state index in [0.717, 1.165) is 13.1 Å². The Morgan fingerprint density at radius 2 is 1.84 bits per heavy atom. The van der Waals surface area contributed by atoms with Crippen molar-refractivity contribution in [3.8, 4) is 0 Å². The molecule has 0 amide bonds. The van der Waals surface area contributed by atoms with Gasteiger partial charge in [0.15, 0.2) is 0 Å². The van der Waals surface area contributed by atoms with Crippen LogP contribution in [-0.4, -0.2) is 56.1 Å². The van der Waals surface area contributed by atoms with Crippen LogP contribution in [0.15, 0.2) is 18.2 Å². The first-order valence-electron chi connectivity index (χ1n) is 7.33. The Kier molecular flexibility index (Phi) is 5.37. The molecule has 1 aromatic rings. The molecule has 3 heteroatoms. The number of benzene rings is 1. The summed E-state index contributed by atoms with van der Waals surface area (Å²) in [6.07, 6.45) is 0. The third-order valence-electron chi connectivity index (χ3n) is 4.01. The first-order chi connectivity index (χ1) is 9.15. The van der Waals surface area contributed by atoms with Gasteiger partial charge in [0.05, 0.1) is 0 Å². The summed E-state index contributed by atoms with van der Waals surface area (Å²) < 4.78 is 0. The van der Waals surface area contributed by atoms with E-state index in [2.05, 4.69) is 54.2 Å². The molecule has 1 saturated heterocycles. The zero-order valence-corrected chi connectivity index (χ0v) is 12.6. The van der Waals surface area contributed by atoms with E-state index in [0.29, 0.717) is 0 Å². The van der Waals surface area contributed by atoms with Gasteiger partial charge in [-0.3, -0.25) is 4.90 Å². The van der Waals surface area contributed by atoms with Crippen molar-refractivity contribution >= 4 is 0 Å². The minimum atomic E-state index is 0.986. The molecule has 1 aliphatic rings. The first kappa shape index (κ1) is 14.5. The number of nitrogens with zero attached hydrogens (tertiary/aromatic N) is 2. The molecule has 0 atom stereocenters. The van der Waals surface area contributed by atoms with E-state index < -0.39 is 0 Å². The van der Waals surface area contributed by atoms with Gasteiger partial charge in [-0.2, -0.15) is 0 Å². The Labute approximate surface area is 117 Å². The minimum absolute atomic E-state index is 0.986. The number of hydrogen-bond acceptors (Lipinski definition) is 3. The molecule has 1 aliphatic heterocycles. The number of nitrogens with one attached hydrogen (secondary N) is 1. The molecule has 1 fully saturated rings. The van der Waals surface area contributed by atoms with Gasteiger partial charge in [0.25, 0.3) is 0 Å². The lowest BCUT2D eigenvalue weighted by molar-refractivity contribution is 0.154. The van der Waals surface area contributed by atoms with Crippen LogP contribution < -0.4 is 5.32 Å². The fourth-order valence-corrected chi connectivity index (χ4v) is 2.58. The molecule has 3 nitrogen and oxygen atoms in total.